The van der Waals surface area contributed by atoms with Crippen LogP contribution in [-0.2, 0) is 5.60 Å². The predicted octanol–water partition coefficient (Wildman–Crippen LogP) is 6.62. The number of aromatic nitrogens is 4. The third-order valence-corrected chi connectivity index (χ3v) is 6.10. The molecule has 0 bridgehead atoms. The Morgan fingerprint density at radius 2 is 1.76 bits per heavy atom. The van der Waals surface area contributed by atoms with Gasteiger partial charge in [0, 0.05) is 29.6 Å². The summed E-state index contributed by atoms with van der Waals surface area (Å²) in [6.45, 7) is 8.11. The molecule has 0 radical (unpaired) electrons. The fraction of sp³-hybridized carbons (Fsp3) is 0.231. The number of hydrogen-bond donors (Lipinski definition) is 2. The lowest BCUT2D eigenvalue weighted by Crippen LogP contribution is -2.21. The maximum atomic E-state index is 15.1. The maximum absolute atomic E-state index is 15.1. The van der Waals surface area contributed by atoms with Gasteiger partial charge in [0.25, 0.3) is 6.43 Å². The highest BCUT2D eigenvalue weighted by Gasteiger charge is 2.29. The van der Waals surface area contributed by atoms with Crippen LogP contribution in [0.3, 0.4) is 0 Å². The Balaban J connectivity index is 1.88. The molecule has 0 aliphatic carbocycles. The van der Waals surface area contributed by atoms with Crippen LogP contribution in [0.5, 0.6) is 0 Å². The van der Waals surface area contributed by atoms with Crippen molar-refractivity contribution >= 4 is 34.4 Å². The first-order chi connectivity index (χ1) is 17.4. The molecule has 192 valence electrons. The van der Waals surface area contributed by atoms with Gasteiger partial charge in [0.2, 0.25) is 0 Å². The molecule has 3 aromatic heterocycles. The van der Waals surface area contributed by atoms with E-state index >= 15 is 4.39 Å². The van der Waals surface area contributed by atoms with Gasteiger partial charge in [-0.1, -0.05) is 30.3 Å². The number of pyridine rings is 2. The summed E-state index contributed by atoms with van der Waals surface area (Å²) in [5, 5.41) is 12.7. The SMILES string of the molecule is C=Cc1ccc(F)c([C@H](Nc2c(Cl)c(C)nc3cc(F)c(-c4cnc(C(C)(C)O)nc4)nc23)C(F)F)c1. The summed E-state index contributed by atoms with van der Waals surface area (Å²) in [6, 6.07) is 3.02. The number of halogens is 5. The molecule has 0 unspecified atom stereocenters. The Morgan fingerprint density at radius 3 is 2.35 bits per heavy atom. The van der Waals surface area contributed by atoms with Crippen molar-refractivity contribution in [1.82, 2.24) is 19.9 Å². The molecule has 0 saturated heterocycles. The van der Waals surface area contributed by atoms with Crippen LogP contribution in [0.15, 0.2) is 43.2 Å². The lowest BCUT2D eigenvalue weighted by atomic mass is 10.0. The summed E-state index contributed by atoms with van der Waals surface area (Å²) in [6.07, 6.45) is 0.932. The minimum atomic E-state index is -3.04. The number of anilines is 1. The molecule has 1 aromatic carbocycles. The average Bonchev–Trinajstić information content (AvgIpc) is 2.84. The van der Waals surface area contributed by atoms with Crippen LogP contribution >= 0.6 is 11.6 Å². The molecule has 37 heavy (non-hydrogen) atoms. The van der Waals surface area contributed by atoms with Crippen molar-refractivity contribution in [3.05, 3.63) is 82.5 Å². The molecule has 0 aliphatic heterocycles. The molecule has 0 aliphatic rings. The van der Waals surface area contributed by atoms with Crippen molar-refractivity contribution in [2.75, 3.05) is 5.32 Å². The van der Waals surface area contributed by atoms with Crippen molar-refractivity contribution in [2.24, 2.45) is 0 Å². The van der Waals surface area contributed by atoms with Crippen molar-refractivity contribution in [3.63, 3.8) is 0 Å². The molecule has 4 rings (SSSR count). The van der Waals surface area contributed by atoms with Crippen molar-refractivity contribution < 1.29 is 22.7 Å². The Morgan fingerprint density at radius 1 is 1.08 bits per heavy atom. The minimum absolute atomic E-state index is 0.00972. The fourth-order valence-corrected chi connectivity index (χ4v) is 3.91. The van der Waals surface area contributed by atoms with Crippen LogP contribution < -0.4 is 5.32 Å². The molecule has 0 spiro atoms. The number of hydrogen-bond acceptors (Lipinski definition) is 6. The Bertz CT molecular complexity index is 1490. The van der Waals surface area contributed by atoms with E-state index in [4.69, 9.17) is 11.6 Å². The molecule has 0 amide bonds. The summed E-state index contributed by atoms with van der Waals surface area (Å²) >= 11 is 6.45. The average molecular weight is 532 g/mol. The van der Waals surface area contributed by atoms with Gasteiger partial charge in [-0.2, -0.15) is 0 Å². The normalized spacial score (nSPS) is 12.7. The zero-order chi connectivity index (χ0) is 27.1. The number of nitrogens with zero attached hydrogens (tertiary/aromatic N) is 4. The lowest BCUT2D eigenvalue weighted by molar-refractivity contribution is 0.0687. The zero-order valence-electron chi connectivity index (χ0n) is 20.0. The molecule has 3 heterocycles. The van der Waals surface area contributed by atoms with E-state index in [0.29, 0.717) is 5.56 Å². The quantitative estimate of drug-likeness (QED) is 0.261. The standard InChI is InChI=1S/C26H22ClF4N5O/c1-5-13-6-7-16(28)15(8-13)21(24(30)31)36-23-19(27)12(2)34-18-9-17(29)20(35-22(18)23)14-10-32-25(33-11-14)26(3,4)37/h5-11,21,24,37H,1H2,2-4H3,(H,34,36)/t21-/m0/s1. The van der Waals surface area contributed by atoms with E-state index in [1.54, 1.807) is 0 Å². The molecular formula is C26H22ClF4N5O. The number of fused-ring (bicyclic) bond motifs is 1. The van der Waals surface area contributed by atoms with Crippen molar-refractivity contribution in [3.8, 4) is 11.3 Å². The van der Waals surface area contributed by atoms with Crippen LogP contribution in [0, 0.1) is 18.6 Å². The van der Waals surface area contributed by atoms with Crippen molar-refractivity contribution in [1.29, 1.82) is 0 Å². The van der Waals surface area contributed by atoms with Gasteiger partial charge in [0.1, 0.15) is 28.7 Å². The van der Waals surface area contributed by atoms with Crippen LogP contribution in [-0.4, -0.2) is 31.5 Å². The van der Waals surface area contributed by atoms with Crippen LogP contribution in [0.4, 0.5) is 23.2 Å². The predicted molar refractivity (Wildman–Crippen MR) is 134 cm³/mol. The van der Waals surface area contributed by atoms with Gasteiger partial charge in [-0.05, 0) is 38.5 Å². The van der Waals surface area contributed by atoms with E-state index in [1.807, 2.05) is 0 Å². The second-order valence-electron chi connectivity index (χ2n) is 8.87. The smallest absolute Gasteiger partial charge is 0.262 e. The second kappa shape index (κ2) is 10.0. The van der Waals surface area contributed by atoms with Gasteiger partial charge in [0.15, 0.2) is 11.6 Å². The largest absolute Gasteiger partial charge is 0.382 e. The van der Waals surface area contributed by atoms with Gasteiger partial charge < -0.3 is 10.4 Å². The molecule has 4 aromatic rings. The van der Waals surface area contributed by atoms with E-state index in [0.717, 1.165) is 12.1 Å². The maximum Gasteiger partial charge on any atom is 0.262 e. The van der Waals surface area contributed by atoms with E-state index < -0.39 is 29.7 Å². The highest BCUT2D eigenvalue weighted by atomic mass is 35.5. The summed E-state index contributed by atoms with van der Waals surface area (Å²) in [4.78, 5) is 16.7. The van der Waals surface area contributed by atoms with E-state index in [2.05, 4.69) is 31.8 Å². The second-order valence-corrected chi connectivity index (χ2v) is 9.25. The third-order valence-electron chi connectivity index (χ3n) is 5.63. The number of nitrogens with one attached hydrogen (secondary N) is 1. The highest BCUT2D eigenvalue weighted by Crippen LogP contribution is 2.38. The molecule has 6 nitrogen and oxygen atoms in total. The summed E-state index contributed by atoms with van der Waals surface area (Å²) in [5.41, 5.74) is -0.977. The third kappa shape index (κ3) is 5.26. The molecular weight excluding hydrogens is 510 g/mol. The van der Waals surface area contributed by atoms with E-state index in [9.17, 15) is 18.3 Å². The molecule has 1 atom stereocenters. The minimum Gasteiger partial charge on any atom is -0.382 e. The number of rotatable bonds is 7. The Kier molecular flexibility index (Phi) is 7.16. The van der Waals surface area contributed by atoms with Gasteiger partial charge >= 0.3 is 0 Å². The van der Waals surface area contributed by atoms with Gasteiger partial charge in [0.05, 0.1) is 21.9 Å². The van der Waals surface area contributed by atoms with E-state index in [1.165, 1.54) is 51.4 Å². The fourth-order valence-electron chi connectivity index (χ4n) is 3.72. The van der Waals surface area contributed by atoms with Gasteiger partial charge in [-0.3, -0.25) is 0 Å². The number of alkyl halides is 2. The zero-order valence-corrected chi connectivity index (χ0v) is 20.8. The summed E-state index contributed by atoms with van der Waals surface area (Å²) in [7, 11) is 0. The number of aliphatic hydroxyl groups is 1. The van der Waals surface area contributed by atoms with Crippen LogP contribution in [0.2, 0.25) is 5.02 Å². The monoisotopic (exact) mass is 531 g/mol. The van der Waals surface area contributed by atoms with Gasteiger partial charge in [-0.15, -0.1) is 0 Å². The van der Waals surface area contributed by atoms with E-state index in [-0.39, 0.29) is 50.1 Å². The molecule has 0 saturated carbocycles. The van der Waals surface area contributed by atoms with Crippen LogP contribution in [0.25, 0.3) is 28.4 Å². The molecule has 0 fully saturated rings. The topological polar surface area (TPSA) is 83.8 Å². The van der Waals surface area contributed by atoms with Crippen LogP contribution in [0.1, 0.15) is 42.5 Å². The molecule has 2 N–H and O–H groups in total. The molecule has 11 heteroatoms. The lowest BCUT2D eigenvalue weighted by Gasteiger charge is -2.23. The Labute approximate surface area is 215 Å². The van der Waals surface area contributed by atoms with Crippen molar-refractivity contribution in [2.45, 2.75) is 38.8 Å². The first kappa shape index (κ1) is 26.4. The summed E-state index contributed by atoms with van der Waals surface area (Å²) < 4.78 is 58.1. The summed E-state index contributed by atoms with van der Waals surface area (Å²) in [5.74, 6) is -1.50. The highest BCUT2D eigenvalue weighted by molar-refractivity contribution is 6.35. The first-order valence-corrected chi connectivity index (χ1v) is 11.5. The number of benzene rings is 1. The number of aryl methyl sites for hydroxylation is 1. The first-order valence-electron chi connectivity index (χ1n) is 11.1. The van der Waals surface area contributed by atoms with Gasteiger partial charge in [-0.25, -0.2) is 37.5 Å². The Hall–Kier alpha value is -3.63.